The van der Waals surface area contributed by atoms with Crippen molar-refractivity contribution in [2.75, 3.05) is 18.4 Å². The first kappa shape index (κ1) is 28.0. The van der Waals surface area contributed by atoms with Crippen LogP contribution < -0.4 is 16.2 Å². The topological polar surface area (TPSA) is 128 Å². The number of likely N-dealkylation sites (tertiary alicyclic amines) is 1. The summed E-state index contributed by atoms with van der Waals surface area (Å²) in [6.07, 6.45) is 7.25. The number of benzene rings is 2. The number of nitrogens with two attached hydrogens (primary N) is 2. The third-order valence-electron chi connectivity index (χ3n) is 7.21. The van der Waals surface area contributed by atoms with Gasteiger partial charge in [0, 0.05) is 24.7 Å². The molecule has 206 valence electrons. The Morgan fingerprint density at radius 2 is 1.71 bits per heavy atom. The predicted molar refractivity (Wildman–Crippen MR) is 146 cm³/mol. The number of nitrogens with zero attached hydrogens (tertiary/aromatic N) is 1. The number of rotatable bonds is 3. The highest BCUT2D eigenvalue weighted by atomic mass is 32.2. The minimum atomic E-state index is -1.84. The Bertz CT molecular complexity index is 1230. The third-order valence-corrected chi connectivity index (χ3v) is 7.97. The molecular weight excluding hydrogens is 507 g/mol. The van der Waals surface area contributed by atoms with E-state index in [-0.39, 0.29) is 16.9 Å². The molecule has 8 nitrogen and oxygen atoms in total. The quantitative estimate of drug-likeness (QED) is 0.518. The highest BCUT2D eigenvalue weighted by Gasteiger charge is 2.31. The second kappa shape index (κ2) is 11.4. The van der Waals surface area contributed by atoms with E-state index < -0.39 is 28.4 Å². The lowest BCUT2D eigenvalue weighted by Crippen LogP contribution is -2.35. The number of hydrogen-bond acceptors (Lipinski definition) is 4. The summed E-state index contributed by atoms with van der Waals surface area (Å²) in [4.78, 5) is 24.7. The summed E-state index contributed by atoms with van der Waals surface area (Å²) in [6, 6.07) is 6.41. The van der Waals surface area contributed by atoms with Gasteiger partial charge < -0.3 is 20.7 Å². The summed E-state index contributed by atoms with van der Waals surface area (Å²) >= 11 is 0. The Balaban J connectivity index is 0.000000185. The van der Waals surface area contributed by atoms with Crippen LogP contribution in [0.2, 0.25) is 0 Å². The number of amides is 3. The number of fused-ring (bicyclic) bond motifs is 2. The number of ether oxygens (including phenoxy) is 1. The van der Waals surface area contributed by atoms with Gasteiger partial charge in [-0.05, 0) is 106 Å². The van der Waals surface area contributed by atoms with Crippen molar-refractivity contribution in [2.45, 2.75) is 82.1 Å². The van der Waals surface area contributed by atoms with E-state index in [4.69, 9.17) is 15.6 Å². The van der Waals surface area contributed by atoms with E-state index in [1.54, 1.807) is 11.0 Å². The number of carbonyl (C=O) groups excluding carboxylic acids is 2. The summed E-state index contributed by atoms with van der Waals surface area (Å²) in [5.74, 6) is -0.531. The minimum Gasteiger partial charge on any atom is -0.444 e. The van der Waals surface area contributed by atoms with Gasteiger partial charge in [0.1, 0.15) is 22.4 Å². The van der Waals surface area contributed by atoms with Gasteiger partial charge in [-0.3, -0.25) is 0 Å². The number of carbonyl (C=O) groups is 2. The third kappa shape index (κ3) is 6.53. The number of aryl methyl sites for hydroxylation is 2. The zero-order valence-electron chi connectivity index (χ0n) is 22.3. The van der Waals surface area contributed by atoms with Gasteiger partial charge in [0.05, 0.1) is 4.90 Å². The first-order valence-corrected chi connectivity index (χ1v) is 14.3. The van der Waals surface area contributed by atoms with Crippen molar-refractivity contribution in [1.82, 2.24) is 4.90 Å². The maximum Gasteiger partial charge on any atom is 0.410 e. The van der Waals surface area contributed by atoms with E-state index in [0.29, 0.717) is 13.1 Å². The van der Waals surface area contributed by atoms with Crippen LogP contribution in [0.4, 0.5) is 19.7 Å². The monoisotopic (exact) mass is 544 g/mol. The van der Waals surface area contributed by atoms with Crippen LogP contribution in [-0.2, 0) is 41.4 Å². The molecule has 0 bridgehead atoms. The van der Waals surface area contributed by atoms with E-state index in [1.807, 2.05) is 20.8 Å². The van der Waals surface area contributed by atoms with Gasteiger partial charge in [-0.25, -0.2) is 23.3 Å². The van der Waals surface area contributed by atoms with Gasteiger partial charge in [0.15, 0.2) is 0 Å². The minimum absolute atomic E-state index is 0.00857. The van der Waals surface area contributed by atoms with Gasteiger partial charge in [-0.1, -0.05) is 12.1 Å². The Kier molecular flexibility index (Phi) is 8.42. The lowest BCUT2D eigenvalue weighted by atomic mass is 9.98. The second-order valence-electron chi connectivity index (χ2n) is 11.1. The zero-order valence-corrected chi connectivity index (χ0v) is 23.1. The fourth-order valence-corrected chi connectivity index (χ4v) is 6.00. The predicted octanol–water partition coefficient (Wildman–Crippen LogP) is 4.69. The van der Waals surface area contributed by atoms with Crippen LogP contribution in [0, 0.1) is 5.82 Å². The summed E-state index contributed by atoms with van der Waals surface area (Å²) in [6.45, 7) is 6.52. The first-order chi connectivity index (χ1) is 17.9. The molecule has 2 aromatic rings. The summed E-state index contributed by atoms with van der Waals surface area (Å²) in [5, 5.41) is 8.05. The summed E-state index contributed by atoms with van der Waals surface area (Å²) in [7, 11) is -1.84. The lowest BCUT2D eigenvalue weighted by molar-refractivity contribution is 0.0292. The molecule has 2 aromatic carbocycles. The molecule has 2 unspecified atom stereocenters. The van der Waals surface area contributed by atoms with Crippen LogP contribution in [0.5, 0.6) is 0 Å². The number of anilines is 1. The Morgan fingerprint density at radius 1 is 1.08 bits per heavy atom. The maximum absolute atomic E-state index is 13.9. The van der Waals surface area contributed by atoms with E-state index in [2.05, 4.69) is 11.4 Å². The number of urea groups is 1. The van der Waals surface area contributed by atoms with E-state index in [0.717, 1.165) is 43.4 Å². The highest BCUT2D eigenvalue weighted by Crippen LogP contribution is 2.38. The van der Waals surface area contributed by atoms with Crippen molar-refractivity contribution in [1.29, 1.82) is 0 Å². The van der Waals surface area contributed by atoms with Crippen LogP contribution in [-0.4, -0.2) is 39.9 Å². The fourth-order valence-electron chi connectivity index (χ4n) is 5.55. The molecule has 0 aromatic heterocycles. The molecule has 38 heavy (non-hydrogen) atoms. The van der Waals surface area contributed by atoms with Gasteiger partial charge in [0.2, 0.25) is 0 Å². The molecule has 1 fully saturated rings. The van der Waals surface area contributed by atoms with Crippen molar-refractivity contribution in [2.24, 2.45) is 10.9 Å². The number of nitrogens with one attached hydrogen (secondary N) is 1. The van der Waals surface area contributed by atoms with Crippen LogP contribution in [0.15, 0.2) is 29.2 Å². The zero-order chi connectivity index (χ0) is 27.6. The average molecular weight is 545 g/mol. The smallest absolute Gasteiger partial charge is 0.410 e. The number of hydrogen-bond donors (Lipinski definition) is 3. The van der Waals surface area contributed by atoms with Gasteiger partial charge in [-0.15, -0.1) is 0 Å². The van der Waals surface area contributed by atoms with E-state index in [1.165, 1.54) is 47.2 Å². The van der Waals surface area contributed by atoms with E-state index >= 15 is 0 Å². The average Bonchev–Trinajstić information content (AvgIpc) is 3.58. The SMILES string of the molecule is CC(C)(C)OC(=O)N1CCC(c2ccc(S(N)=O)c(F)c2)C1.NC(=O)Nc1c2c(cc3c1CCC3)CCC2. The largest absolute Gasteiger partial charge is 0.444 e. The molecule has 3 aliphatic rings. The molecule has 0 saturated carbocycles. The lowest BCUT2D eigenvalue weighted by Gasteiger charge is -2.24. The molecular formula is C28H37FN4O4S. The van der Waals surface area contributed by atoms with Gasteiger partial charge >= 0.3 is 12.1 Å². The molecule has 1 saturated heterocycles. The molecule has 5 rings (SSSR count). The van der Waals surface area contributed by atoms with Crippen molar-refractivity contribution >= 4 is 28.8 Å². The first-order valence-electron chi connectivity index (χ1n) is 13.1. The van der Waals surface area contributed by atoms with Crippen LogP contribution in [0.1, 0.15) is 73.8 Å². The number of halogens is 1. The molecule has 0 radical (unpaired) electrons. The van der Waals surface area contributed by atoms with Gasteiger partial charge in [-0.2, -0.15) is 0 Å². The molecule has 2 aliphatic carbocycles. The summed E-state index contributed by atoms with van der Waals surface area (Å²) < 4.78 is 30.3. The standard InChI is InChI=1S/C15H21FN2O3S.C13H16N2O/c1-15(2,3)21-14(19)18-7-6-11(9-18)10-4-5-13(22(17)20)12(16)8-10;14-13(16)15-12-10-5-1-3-8(10)7-9-4-2-6-11(9)12/h4-5,8,11H,6-7,9,17H2,1-3H3;7H,1-6H2,(H3,14,15,16). The Morgan fingerprint density at radius 3 is 2.24 bits per heavy atom. The number of primary amides is 1. The molecule has 10 heteroatoms. The van der Waals surface area contributed by atoms with Crippen molar-refractivity contribution in [3.05, 3.63) is 57.9 Å². The molecule has 5 N–H and O–H groups in total. The maximum atomic E-state index is 13.9. The molecule has 3 amide bonds. The fraction of sp³-hybridized carbons (Fsp3) is 0.500. The summed E-state index contributed by atoms with van der Waals surface area (Å²) in [5.41, 5.74) is 12.0. The van der Waals surface area contributed by atoms with Crippen molar-refractivity contribution in [3.8, 4) is 0 Å². The highest BCUT2D eigenvalue weighted by molar-refractivity contribution is 7.82. The Labute approximate surface area is 225 Å². The normalized spacial score (nSPS) is 18.8. The van der Waals surface area contributed by atoms with E-state index in [9.17, 15) is 18.2 Å². The molecule has 2 atom stereocenters. The van der Waals surface area contributed by atoms with Crippen molar-refractivity contribution in [3.63, 3.8) is 0 Å². The van der Waals surface area contributed by atoms with Crippen LogP contribution in [0.25, 0.3) is 0 Å². The molecule has 0 spiro atoms. The van der Waals surface area contributed by atoms with Crippen LogP contribution >= 0.6 is 0 Å². The molecule has 1 aliphatic heterocycles. The van der Waals surface area contributed by atoms with Gasteiger partial charge in [0.25, 0.3) is 0 Å². The van der Waals surface area contributed by atoms with Crippen LogP contribution in [0.3, 0.4) is 0 Å². The second-order valence-corrected chi connectivity index (χ2v) is 12.2. The van der Waals surface area contributed by atoms with Crippen molar-refractivity contribution < 1.29 is 22.9 Å². The molecule has 1 heterocycles. The Hall–Kier alpha value is -2.98.